The van der Waals surface area contributed by atoms with Gasteiger partial charge in [-0.05, 0) is 42.4 Å². The van der Waals surface area contributed by atoms with Crippen molar-refractivity contribution in [3.8, 4) is 11.5 Å². The fraction of sp³-hybridized carbons (Fsp3) is 0.533. The number of imidazole rings is 1. The molecule has 2 aromatic rings. The Bertz CT molecular complexity index is 594. The molecule has 0 spiro atoms. The molecule has 0 saturated heterocycles. The monoisotopic (exact) mass is 399 g/mol. The number of rotatable bonds is 7. The van der Waals surface area contributed by atoms with Crippen molar-refractivity contribution in [3.05, 3.63) is 21.8 Å². The predicted molar refractivity (Wildman–Crippen MR) is 94.4 cm³/mol. The summed E-state index contributed by atoms with van der Waals surface area (Å²) in [5, 5.41) is 3.41. The van der Waals surface area contributed by atoms with Gasteiger partial charge in [0.2, 0.25) is 0 Å². The number of aromatic nitrogens is 4. The zero-order valence-electron chi connectivity index (χ0n) is 12.9. The zero-order chi connectivity index (χ0) is 15.2. The summed E-state index contributed by atoms with van der Waals surface area (Å²) in [5.41, 5.74) is 2.09. The minimum Gasteiger partial charge on any atom is -0.369 e. The molecule has 0 amide bonds. The first-order valence-electron chi connectivity index (χ1n) is 7.51. The fourth-order valence-corrected chi connectivity index (χ4v) is 2.83. The second-order valence-corrected chi connectivity index (χ2v) is 5.98. The Morgan fingerprint density at radius 1 is 1.19 bits per heavy atom. The molecular weight excluding hydrogens is 377 g/mol. The Kier molecular flexibility index (Phi) is 5.96. The Labute approximate surface area is 139 Å². The van der Waals surface area contributed by atoms with Gasteiger partial charge in [-0.2, -0.15) is 0 Å². The van der Waals surface area contributed by atoms with Crippen LogP contribution in [-0.4, -0.2) is 26.1 Å². The summed E-state index contributed by atoms with van der Waals surface area (Å²) < 4.78 is 3.20. The quantitative estimate of drug-likeness (QED) is 0.721. The van der Waals surface area contributed by atoms with Gasteiger partial charge in [0.25, 0.3) is 0 Å². The van der Waals surface area contributed by atoms with Gasteiger partial charge in [0, 0.05) is 13.1 Å². The number of aryl methyl sites for hydroxylation is 2. The van der Waals surface area contributed by atoms with Gasteiger partial charge in [0.1, 0.15) is 11.5 Å². The number of halogens is 1. The first-order valence-corrected chi connectivity index (χ1v) is 8.59. The fourth-order valence-electron chi connectivity index (χ4n) is 2.13. The molecule has 2 aromatic heterocycles. The molecule has 1 N–H and O–H groups in total. The Morgan fingerprint density at radius 3 is 2.67 bits per heavy atom. The average Bonchev–Trinajstić information content (AvgIpc) is 2.96. The van der Waals surface area contributed by atoms with Crippen LogP contribution in [0.15, 0.2) is 12.5 Å². The highest BCUT2D eigenvalue weighted by Gasteiger charge is 2.15. The molecular formula is C15H22IN5. The second-order valence-electron chi connectivity index (χ2n) is 4.90. The molecule has 0 atom stereocenters. The molecule has 21 heavy (non-hydrogen) atoms. The van der Waals surface area contributed by atoms with Gasteiger partial charge in [-0.25, -0.2) is 15.0 Å². The first-order chi connectivity index (χ1) is 10.2. The summed E-state index contributed by atoms with van der Waals surface area (Å²) in [4.78, 5) is 13.7. The van der Waals surface area contributed by atoms with Crippen molar-refractivity contribution in [3.63, 3.8) is 0 Å². The van der Waals surface area contributed by atoms with E-state index >= 15 is 0 Å². The van der Waals surface area contributed by atoms with Crippen molar-refractivity contribution >= 4 is 28.4 Å². The van der Waals surface area contributed by atoms with E-state index in [1.165, 1.54) is 0 Å². The third-order valence-electron chi connectivity index (χ3n) is 3.23. The van der Waals surface area contributed by atoms with Crippen LogP contribution in [0.1, 0.15) is 39.3 Å². The Morgan fingerprint density at radius 2 is 2.00 bits per heavy atom. The molecule has 114 valence electrons. The lowest BCUT2D eigenvalue weighted by molar-refractivity contribution is 0.761. The maximum Gasteiger partial charge on any atom is 0.180 e. The van der Waals surface area contributed by atoms with Crippen molar-refractivity contribution in [1.29, 1.82) is 0 Å². The highest BCUT2D eigenvalue weighted by Crippen LogP contribution is 2.25. The molecule has 0 aliphatic heterocycles. The molecule has 0 aromatic carbocycles. The van der Waals surface area contributed by atoms with Crippen LogP contribution in [0.5, 0.6) is 0 Å². The highest BCUT2D eigenvalue weighted by atomic mass is 127. The maximum absolute atomic E-state index is 4.76. The van der Waals surface area contributed by atoms with Crippen molar-refractivity contribution in [2.45, 2.75) is 46.6 Å². The third kappa shape index (κ3) is 3.72. The molecule has 0 bridgehead atoms. The van der Waals surface area contributed by atoms with E-state index in [1.54, 1.807) is 0 Å². The van der Waals surface area contributed by atoms with Gasteiger partial charge >= 0.3 is 0 Å². The van der Waals surface area contributed by atoms with E-state index in [-0.39, 0.29) is 0 Å². The largest absolute Gasteiger partial charge is 0.369 e. The van der Waals surface area contributed by atoms with E-state index in [4.69, 9.17) is 9.97 Å². The van der Waals surface area contributed by atoms with Gasteiger partial charge in [-0.15, -0.1) is 0 Å². The molecule has 0 aliphatic carbocycles. The summed E-state index contributed by atoms with van der Waals surface area (Å²) in [5.74, 6) is 1.70. The molecule has 2 heterocycles. The normalized spacial score (nSPS) is 10.9. The van der Waals surface area contributed by atoms with Gasteiger partial charge in [-0.3, -0.25) is 0 Å². The lowest BCUT2D eigenvalue weighted by Crippen LogP contribution is -2.10. The van der Waals surface area contributed by atoms with Crippen LogP contribution in [0, 0.1) is 3.57 Å². The number of hydrogen-bond acceptors (Lipinski definition) is 4. The summed E-state index contributed by atoms with van der Waals surface area (Å²) >= 11 is 2.35. The van der Waals surface area contributed by atoms with Crippen LogP contribution in [0.3, 0.4) is 0 Å². The number of hydrogen-bond donors (Lipinski definition) is 1. The van der Waals surface area contributed by atoms with Gasteiger partial charge in [0.05, 0.1) is 21.8 Å². The molecule has 5 nitrogen and oxygen atoms in total. The van der Waals surface area contributed by atoms with Gasteiger partial charge in [0.15, 0.2) is 5.82 Å². The van der Waals surface area contributed by atoms with Crippen LogP contribution in [-0.2, 0) is 13.0 Å². The van der Waals surface area contributed by atoms with Gasteiger partial charge in [-0.1, -0.05) is 20.3 Å². The summed E-state index contributed by atoms with van der Waals surface area (Å²) in [6.07, 6.45) is 6.79. The minimum absolute atomic E-state index is 0.761. The number of anilines is 1. The van der Waals surface area contributed by atoms with E-state index in [0.29, 0.717) is 0 Å². The zero-order valence-corrected chi connectivity index (χ0v) is 15.0. The molecule has 6 heteroatoms. The lowest BCUT2D eigenvalue weighted by atomic mass is 10.2. The smallest absolute Gasteiger partial charge is 0.180 e. The minimum atomic E-state index is 0.761. The van der Waals surface area contributed by atoms with E-state index in [9.17, 15) is 0 Å². The Balaban J connectivity index is 2.47. The van der Waals surface area contributed by atoms with E-state index < -0.39 is 0 Å². The first kappa shape index (κ1) is 16.2. The van der Waals surface area contributed by atoms with E-state index in [0.717, 1.165) is 59.0 Å². The maximum atomic E-state index is 4.76. The van der Waals surface area contributed by atoms with Crippen LogP contribution in [0.25, 0.3) is 11.5 Å². The van der Waals surface area contributed by atoms with Crippen LogP contribution in [0.2, 0.25) is 0 Å². The predicted octanol–water partition coefficient (Wildman–Crippen LogP) is 3.74. The van der Waals surface area contributed by atoms with Crippen LogP contribution < -0.4 is 5.32 Å². The molecule has 0 aliphatic rings. The van der Waals surface area contributed by atoms with Gasteiger partial charge < -0.3 is 9.88 Å². The number of nitrogens with one attached hydrogen (secondary N) is 1. The third-order valence-corrected chi connectivity index (χ3v) is 4.36. The van der Waals surface area contributed by atoms with Crippen molar-refractivity contribution in [1.82, 2.24) is 19.5 Å². The highest BCUT2D eigenvalue weighted by molar-refractivity contribution is 14.1. The molecule has 0 radical (unpaired) electrons. The van der Waals surface area contributed by atoms with E-state index in [2.05, 4.69) is 58.2 Å². The molecule has 0 unspecified atom stereocenters. The van der Waals surface area contributed by atoms with Crippen LogP contribution in [0.4, 0.5) is 5.82 Å². The summed E-state index contributed by atoms with van der Waals surface area (Å²) in [6, 6.07) is 0. The van der Waals surface area contributed by atoms with Crippen molar-refractivity contribution in [2.75, 3.05) is 11.9 Å². The standard InChI is InChI=1S/C15H22IN5/c1-4-7-11-13(16)15(18-8-5-2)20-14(19-11)12-9-17-10-21(12)6-3/h9-10H,4-8H2,1-3H3,(H,18,19,20). The lowest BCUT2D eigenvalue weighted by Gasteiger charge is -2.13. The molecule has 0 fully saturated rings. The Hall–Kier alpha value is -1.18. The van der Waals surface area contributed by atoms with Crippen molar-refractivity contribution < 1.29 is 0 Å². The molecule has 2 rings (SSSR count). The van der Waals surface area contributed by atoms with Crippen molar-refractivity contribution in [2.24, 2.45) is 0 Å². The summed E-state index contributed by atoms with van der Waals surface area (Å²) in [6.45, 7) is 8.21. The SMILES string of the molecule is CCCNc1nc(-c2cncn2CC)nc(CCC)c1I. The second kappa shape index (κ2) is 7.72. The topological polar surface area (TPSA) is 55.6 Å². The summed E-state index contributed by atoms with van der Waals surface area (Å²) in [7, 11) is 0. The van der Waals surface area contributed by atoms with Crippen LogP contribution >= 0.6 is 22.6 Å². The average molecular weight is 399 g/mol. The number of nitrogens with zero attached hydrogens (tertiary/aromatic N) is 4. The van der Waals surface area contributed by atoms with E-state index in [1.807, 2.05) is 12.5 Å². The molecule has 0 saturated carbocycles.